The van der Waals surface area contributed by atoms with Crippen LogP contribution >= 0.6 is 0 Å². The van der Waals surface area contributed by atoms with Crippen molar-refractivity contribution in [2.45, 2.75) is 41.0 Å². The number of rotatable bonds is 7. The first kappa shape index (κ1) is 22.8. The first-order valence-electron chi connectivity index (χ1n) is 9.33. The number of anilines is 2. The van der Waals surface area contributed by atoms with Gasteiger partial charge in [-0.3, -0.25) is 9.78 Å². The Labute approximate surface area is 167 Å². The normalized spacial score (nSPS) is 11.0. The first-order chi connectivity index (χ1) is 13.5. The molecule has 2 heterocycles. The van der Waals surface area contributed by atoms with Crippen LogP contribution in [0.25, 0.3) is 5.57 Å². The van der Waals surface area contributed by atoms with Gasteiger partial charge in [-0.05, 0) is 31.6 Å². The van der Waals surface area contributed by atoms with Gasteiger partial charge in [-0.1, -0.05) is 39.5 Å². The summed E-state index contributed by atoms with van der Waals surface area (Å²) in [5.74, 6) is 0.395. The molecule has 2 rings (SSSR count). The lowest BCUT2D eigenvalue weighted by Gasteiger charge is -2.15. The van der Waals surface area contributed by atoms with Crippen LogP contribution in [-0.2, 0) is 0 Å². The summed E-state index contributed by atoms with van der Waals surface area (Å²) in [7, 11) is 0. The molecule has 148 valence electrons. The van der Waals surface area contributed by atoms with Crippen molar-refractivity contribution < 1.29 is 4.79 Å². The van der Waals surface area contributed by atoms with Crippen LogP contribution in [0.5, 0.6) is 0 Å². The monoisotopic (exact) mass is 379 g/mol. The number of hydrogen-bond donors (Lipinski definition) is 2. The van der Waals surface area contributed by atoms with Gasteiger partial charge in [0.15, 0.2) is 5.78 Å². The number of pyridine rings is 1. The summed E-state index contributed by atoms with van der Waals surface area (Å²) < 4.78 is 0. The van der Waals surface area contributed by atoms with Gasteiger partial charge in [0.2, 0.25) is 0 Å². The smallest absolute Gasteiger partial charge is 0.180 e. The van der Waals surface area contributed by atoms with Gasteiger partial charge in [0.25, 0.3) is 0 Å². The molecule has 3 N–H and O–H groups in total. The third-order valence-corrected chi connectivity index (χ3v) is 3.76. The number of aromatic nitrogens is 3. The summed E-state index contributed by atoms with van der Waals surface area (Å²) in [6.45, 7) is 13.8. The van der Waals surface area contributed by atoms with Crippen molar-refractivity contribution in [2.24, 2.45) is 0 Å². The lowest BCUT2D eigenvalue weighted by molar-refractivity contribution is 0.0983. The molecule has 0 bridgehead atoms. The summed E-state index contributed by atoms with van der Waals surface area (Å²) in [5, 5.41) is 3.32. The largest absolute Gasteiger partial charge is 0.384 e. The van der Waals surface area contributed by atoms with E-state index in [4.69, 9.17) is 5.73 Å². The Morgan fingerprint density at radius 1 is 1.21 bits per heavy atom. The van der Waals surface area contributed by atoms with Gasteiger partial charge in [0.1, 0.15) is 17.8 Å². The number of nitrogens with zero attached hydrogens (tertiary/aromatic N) is 3. The van der Waals surface area contributed by atoms with Gasteiger partial charge in [-0.25, -0.2) is 9.97 Å². The molecule has 6 nitrogen and oxygen atoms in total. The summed E-state index contributed by atoms with van der Waals surface area (Å²) in [6.07, 6.45) is 9.19. The van der Waals surface area contributed by atoms with Gasteiger partial charge < -0.3 is 11.1 Å². The molecule has 0 saturated carbocycles. The predicted molar refractivity (Wildman–Crippen MR) is 117 cm³/mol. The van der Waals surface area contributed by atoms with E-state index in [2.05, 4.69) is 26.8 Å². The van der Waals surface area contributed by atoms with E-state index in [1.54, 1.807) is 18.3 Å². The molecular weight excluding hydrogens is 350 g/mol. The Morgan fingerprint density at radius 3 is 2.50 bits per heavy atom. The van der Waals surface area contributed by atoms with E-state index in [-0.39, 0.29) is 5.78 Å². The molecule has 0 aliphatic heterocycles. The van der Waals surface area contributed by atoms with Gasteiger partial charge in [0, 0.05) is 23.8 Å². The van der Waals surface area contributed by atoms with Crippen molar-refractivity contribution in [3.8, 4) is 0 Å². The second-order valence-electron chi connectivity index (χ2n) is 5.70. The molecule has 0 aromatic carbocycles. The fraction of sp³-hybridized carbons (Fsp3) is 0.273. The highest BCUT2D eigenvalue weighted by atomic mass is 16.1. The average Bonchev–Trinajstić information content (AvgIpc) is 2.72. The Balaban J connectivity index is 0.00000190. The Bertz CT molecular complexity index is 884. The number of nitrogens with two attached hydrogens (primary N) is 1. The summed E-state index contributed by atoms with van der Waals surface area (Å²) >= 11 is 0. The number of carbonyl (C=O) groups excluding carboxylic acids is 1. The second-order valence-corrected chi connectivity index (χ2v) is 5.70. The van der Waals surface area contributed by atoms with Gasteiger partial charge >= 0.3 is 0 Å². The van der Waals surface area contributed by atoms with Crippen molar-refractivity contribution >= 4 is 22.9 Å². The van der Waals surface area contributed by atoms with Crippen LogP contribution in [0.3, 0.4) is 0 Å². The van der Waals surface area contributed by atoms with E-state index in [1.165, 1.54) is 6.33 Å². The molecule has 0 saturated heterocycles. The highest BCUT2D eigenvalue weighted by Crippen LogP contribution is 2.24. The SMILES string of the molecule is C=C(/C(=C\C=C/C)Nc1cnc(C(=O)CC)cc1C)c1cc(N)ncn1.CC. The molecule has 0 amide bonds. The zero-order valence-corrected chi connectivity index (χ0v) is 17.3. The van der Waals surface area contributed by atoms with Gasteiger partial charge in [0.05, 0.1) is 17.6 Å². The van der Waals surface area contributed by atoms with Crippen LogP contribution in [0.2, 0.25) is 0 Å². The lowest BCUT2D eigenvalue weighted by atomic mass is 10.1. The maximum Gasteiger partial charge on any atom is 0.180 e. The fourth-order valence-corrected chi connectivity index (χ4v) is 2.25. The Hall–Kier alpha value is -3.28. The van der Waals surface area contributed by atoms with E-state index in [0.29, 0.717) is 29.2 Å². The number of hydrogen-bond acceptors (Lipinski definition) is 6. The minimum absolute atomic E-state index is 0.0187. The fourth-order valence-electron chi connectivity index (χ4n) is 2.25. The molecule has 0 aliphatic carbocycles. The first-order valence-corrected chi connectivity index (χ1v) is 9.33. The van der Waals surface area contributed by atoms with Crippen LogP contribution < -0.4 is 11.1 Å². The van der Waals surface area contributed by atoms with Gasteiger partial charge in [-0.2, -0.15) is 0 Å². The number of Topliss-reactive ketones (excluding diaryl/α,β-unsaturated/α-hetero) is 1. The summed E-state index contributed by atoms with van der Waals surface area (Å²) in [4.78, 5) is 24.2. The maximum absolute atomic E-state index is 11.8. The van der Waals surface area contributed by atoms with E-state index >= 15 is 0 Å². The number of allylic oxidation sites excluding steroid dienone is 4. The molecule has 2 aromatic heterocycles. The zero-order chi connectivity index (χ0) is 21.1. The third-order valence-electron chi connectivity index (χ3n) is 3.76. The number of aryl methyl sites for hydroxylation is 1. The van der Waals surface area contributed by atoms with Crippen molar-refractivity contribution in [1.82, 2.24) is 15.0 Å². The molecule has 2 aromatic rings. The standard InChI is InChI=1S/C20H23N5O.C2H6/c1-5-7-8-15(14(4)16-10-20(21)24-12-23-16)25-18-11-22-17(9-13(18)3)19(26)6-2;1-2/h5,7-12,25H,4,6H2,1-3H3,(H2,21,23,24);1-2H3/b7-5-,15-8+;. The molecule has 28 heavy (non-hydrogen) atoms. The predicted octanol–water partition coefficient (Wildman–Crippen LogP) is 4.97. The van der Waals surface area contributed by atoms with Crippen molar-refractivity contribution in [1.29, 1.82) is 0 Å². The molecule has 0 aliphatic rings. The second kappa shape index (κ2) is 11.4. The van der Waals surface area contributed by atoms with Crippen molar-refractivity contribution in [3.63, 3.8) is 0 Å². The van der Waals surface area contributed by atoms with Crippen LogP contribution in [-0.4, -0.2) is 20.7 Å². The van der Waals surface area contributed by atoms with E-state index < -0.39 is 0 Å². The lowest BCUT2D eigenvalue weighted by Crippen LogP contribution is -2.07. The highest BCUT2D eigenvalue weighted by molar-refractivity contribution is 5.94. The van der Waals surface area contributed by atoms with Crippen molar-refractivity contribution in [2.75, 3.05) is 11.1 Å². The van der Waals surface area contributed by atoms with E-state index in [0.717, 1.165) is 16.9 Å². The van der Waals surface area contributed by atoms with Crippen LogP contribution in [0, 0.1) is 6.92 Å². The molecule has 0 atom stereocenters. The van der Waals surface area contributed by atoms with Crippen LogP contribution in [0.15, 0.2) is 55.2 Å². The summed E-state index contributed by atoms with van der Waals surface area (Å²) in [6, 6.07) is 3.45. The summed E-state index contributed by atoms with van der Waals surface area (Å²) in [5.41, 5.74) is 9.97. The third kappa shape index (κ3) is 6.16. The van der Waals surface area contributed by atoms with E-state index in [9.17, 15) is 4.79 Å². The van der Waals surface area contributed by atoms with Crippen LogP contribution in [0.4, 0.5) is 11.5 Å². The number of nitrogens with one attached hydrogen (secondary N) is 1. The number of carbonyl (C=O) groups is 1. The van der Waals surface area contributed by atoms with Gasteiger partial charge in [-0.15, -0.1) is 0 Å². The molecule has 0 unspecified atom stereocenters. The van der Waals surface area contributed by atoms with E-state index in [1.807, 2.05) is 52.8 Å². The van der Waals surface area contributed by atoms with Crippen molar-refractivity contribution in [3.05, 3.63) is 72.1 Å². The molecule has 0 fully saturated rings. The zero-order valence-electron chi connectivity index (χ0n) is 17.3. The topological polar surface area (TPSA) is 93.8 Å². The molecule has 0 spiro atoms. The quantitative estimate of drug-likeness (QED) is 0.521. The average molecular weight is 380 g/mol. The molecular formula is C22H29N5O. The minimum atomic E-state index is 0.0187. The molecule has 0 radical (unpaired) electrons. The number of ketones is 1. The minimum Gasteiger partial charge on any atom is -0.384 e. The van der Waals surface area contributed by atoms with Crippen LogP contribution in [0.1, 0.15) is 55.9 Å². The Kier molecular flexibility index (Phi) is 9.30. The molecule has 6 heteroatoms. The Morgan fingerprint density at radius 2 is 1.93 bits per heavy atom. The maximum atomic E-state index is 11.8. The highest BCUT2D eigenvalue weighted by Gasteiger charge is 2.12. The number of nitrogen functional groups attached to an aromatic ring is 1.